The largest absolute Gasteiger partial charge is 0.364 e. The maximum Gasteiger partial charge on any atom is 0.152 e. The summed E-state index contributed by atoms with van der Waals surface area (Å²) in [5.74, 6) is 0.885. The number of nitrogens with one attached hydrogen (secondary N) is 1. The highest BCUT2D eigenvalue weighted by Gasteiger charge is 2.24. The first-order valence-corrected chi connectivity index (χ1v) is 6.07. The first kappa shape index (κ1) is 10.5. The molecule has 2 atom stereocenters. The molecule has 90 valence electrons. The maximum absolute atomic E-state index is 6.06. The van der Waals surface area contributed by atoms with E-state index >= 15 is 0 Å². The molecule has 0 spiro atoms. The molecule has 5 nitrogen and oxygen atoms in total. The van der Waals surface area contributed by atoms with E-state index in [1.807, 2.05) is 23.7 Å². The third-order valence-electron chi connectivity index (χ3n) is 3.40. The zero-order valence-corrected chi connectivity index (χ0v) is 9.93. The van der Waals surface area contributed by atoms with E-state index in [9.17, 15) is 0 Å². The fourth-order valence-corrected chi connectivity index (χ4v) is 2.50. The lowest BCUT2D eigenvalue weighted by Crippen LogP contribution is -2.35. The van der Waals surface area contributed by atoms with Crippen LogP contribution in [0.15, 0.2) is 18.5 Å². The first-order chi connectivity index (χ1) is 8.24. The molecule has 0 radical (unpaired) electrons. The van der Waals surface area contributed by atoms with Gasteiger partial charge in [0.1, 0.15) is 5.52 Å². The van der Waals surface area contributed by atoms with Crippen LogP contribution in [0.3, 0.4) is 0 Å². The van der Waals surface area contributed by atoms with Crippen LogP contribution >= 0.6 is 0 Å². The van der Waals surface area contributed by atoms with Gasteiger partial charge in [0.2, 0.25) is 0 Å². The number of aryl methyl sites for hydroxylation is 1. The smallest absolute Gasteiger partial charge is 0.152 e. The van der Waals surface area contributed by atoms with E-state index in [0.29, 0.717) is 6.04 Å². The molecule has 1 fully saturated rings. The van der Waals surface area contributed by atoms with Crippen molar-refractivity contribution in [2.45, 2.75) is 38.3 Å². The van der Waals surface area contributed by atoms with Crippen LogP contribution in [0.4, 0.5) is 5.82 Å². The van der Waals surface area contributed by atoms with Gasteiger partial charge in [-0.2, -0.15) is 5.10 Å². The van der Waals surface area contributed by atoms with Crippen molar-refractivity contribution in [1.82, 2.24) is 14.6 Å². The van der Waals surface area contributed by atoms with Crippen LogP contribution in [0.5, 0.6) is 0 Å². The fraction of sp³-hybridized carbons (Fsp3) is 0.500. The Morgan fingerprint density at radius 1 is 1.47 bits per heavy atom. The predicted molar refractivity (Wildman–Crippen MR) is 67.0 cm³/mol. The van der Waals surface area contributed by atoms with Crippen molar-refractivity contribution in [2.75, 3.05) is 5.32 Å². The topological polar surface area (TPSA) is 68.2 Å². The van der Waals surface area contributed by atoms with Crippen molar-refractivity contribution < 1.29 is 0 Å². The lowest BCUT2D eigenvalue weighted by molar-refractivity contribution is 0.636. The molecule has 1 aliphatic rings. The van der Waals surface area contributed by atoms with Gasteiger partial charge in [0.15, 0.2) is 5.82 Å². The quantitative estimate of drug-likeness (QED) is 0.818. The van der Waals surface area contributed by atoms with Gasteiger partial charge in [-0.15, -0.1) is 0 Å². The highest BCUT2D eigenvalue weighted by Crippen LogP contribution is 2.23. The highest BCUT2D eigenvalue weighted by atomic mass is 15.2. The second kappa shape index (κ2) is 4.00. The van der Waals surface area contributed by atoms with Crippen LogP contribution in [-0.2, 0) is 0 Å². The molecule has 2 unspecified atom stereocenters. The molecule has 0 amide bonds. The molecule has 0 aliphatic heterocycles. The summed E-state index contributed by atoms with van der Waals surface area (Å²) in [5, 5.41) is 7.82. The van der Waals surface area contributed by atoms with E-state index in [2.05, 4.69) is 15.4 Å². The molecule has 0 bridgehead atoms. The molecule has 3 rings (SSSR count). The lowest BCUT2D eigenvalue weighted by atomic mass is 10.2. The summed E-state index contributed by atoms with van der Waals surface area (Å²) in [6.07, 6.45) is 7.04. The molecule has 5 heteroatoms. The van der Waals surface area contributed by atoms with Gasteiger partial charge in [-0.05, 0) is 32.3 Å². The average molecular weight is 231 g/mol. The van der Waals surface area contributed by atoms with Gasteiger partial charge in [0.25, 0.3) is 0 Å². The van der Waals surface area contributed by atoms with Gasteiger partial charge in [-0.25, -0.2) is 9.50 Å². The monoisotopic (exact) mass is 231 g/mol. The Hall–Kier alpha value is -1.62. The summed E-state index contributed by atoms with van der Waals surface area (Å²) in [5.41, 5.74) is 8.08. The third-order valence-corrected chi connectivity index (χ3v) is 3.40. The summed E-state index contributed by atoms with van der Waals surface area (Å²) in [6.45, 7) is 1.98. The Bertz CT molecular complexity index is 533. The molecule has 1 aliphatic carbocycles. The first-order valence-electron chi connectivity index (χ1n) is 6.07. The number of nitrogens with two attached hydrogens (primary N) is 1. The van der Waals surface area contributed by atoms with Crippen molar-refractivity contribution >= 4 is 11.3 Å². The minimum absolute atomic E-state index is 0.237. The Labute approximate surface area is 100 Å². The SMILES string of the molecule is Cc1cc2c(NC3CCCC3N)nccn2n1. The van der Waals surface area contributed by atoms with Crippen LogP contribution in [-0.4, -0.2) is 26.7 Å². The van der Waals surface area contributed by atoms with Crippen LogP contribution in [0, 0.1) is 6.92 Å². The number of anilines is 1. The Kier molecular flexibility index (Phi) is 2.48. The highest BCUT2D eigenvalue weighted by molar-refractivity contribution is 5.68. The van der Waals surface area contributed by atoms with E-state index in [1.165, 1.54) is 6.42 Å². The van der Waals surface area contributed by atoms with Crippen molar-refractivity contribution in [1.29, 1.82) is 0 Å². The molecule has 17 heavy (non-hydrogen) atoms. The molecule has 1 saturated carbocycles. The van der Waals surface area contributed by atoms with Gasteiger partial charge in [-0.1, -0.05) is 0 Å². The molecule has 3 N–H and O–H groups in total. The summed E-state index contributed by atoms with van der Waals surface area (Å²) in [7, 11) is 0. The van der Waals surface area contributed by atoms with Crippen LogP contribution < -0.4 is 11.1 Å². The van der Waals surface area contributed by atoms with E-state index in [0.717, 1.165) is 29.9 Å². The summed E-state index contributed by atoms with van der Waals surface area (Å²) in [6, 6.07) is 2.61. The number of hydrogen-bond donors (Lipinski definition) is 2. The lowest BCUT2D eigenvalue weighted by Gasteiger charge is -2.18. The summed E-state index contributed by atoms with van der Waals surface area (Å²) in [4.78, 5) is 4.39. The molecule has 0 saturated heterocycles. The number of fused-ring (bicyclic) bond motifs is 1. The number of hydrogen-bond acceptors (Lipinski definition) is 4. The van der Waals surface area contributed by atoms with Gasteiger partial charge in [0.05, 0.1) is 5.69 Å². The molecule has 0 aromatic carbocycles. The second-order valence-corrected chi connectivity index (χ2v) is 4.74. The number of rotatable bonds is 2. The third kappa shape index (κ3) is 1.86. The van der Waals surface area contributed by atoms with Crippen molar-refractivity contribution in [2.24, 2.45) is 5.73 Å². The van der Waals surface area contributed by atoms with Crippen molar-refractivity contribution in [3.05, 3.63) is 24.2 Å². The maximum atomic E-state index is 6.06. The van der Waals surface area contributed by atoms with E-state index in [-0.39, 0.29) is 6.04 Å². The van der Waals surface area contributed by atoms with Crippen LogP contribution in [0.25, 0.3) is 5.52 Å². The Morgan fingerprint density at radius 2 is 2.35 bits per heavy atom. The second-order valence-electron chi connectivity index (χ2n) is 4.74. The molecular weight excluding hydrogens is 214 g/mol. The molecular formula is C12H17N5. The van der Waals surface area contributed by atoms with E-state index in [4.69, 9.17) is 5.73 Å². The summed E-state index contributed by atoms with van der Waals surface area (Å²) >= 11 is 0. The van der Waals surface area contributed by atoms with Gasteiger partial charge in [0, 0.05) is 24.5 Å². The minimum Gasteiger partial charge on any atom is -0.364 e. The summed E-state index contributed by atoms with van der Waals surface area (Å²) < 4.78 is 1.85. The predicted octanol–water partition coefficient (Wildman–Crippen LogP) is 1.33. The standard InChI is InChI=1S/C12H17N5/c1-8-7-11-12(14-5-6-17(11)16-8)15-10-4-2-3-9(10)13/h5-7,9-10H,2-4,13H2,1H3,(H,14,15). The van der Waals surface area contributed by atoms with Gasteiger partial charge >= 0.3 is 0 Å². The van der Waals surface area contributed by atoms with Gasteiger partial charge in [-0.3, -0.25) is 0 Å². The zero-order chi connectivity index (χ0) is 11.8. The fourth-order valence-electron chi connectivity index (χ4n) is 2.50. The van der Waals surface area contributed by atoms with Crippen LogP contribution in [0.2, 0.25) is 0 Å². The van der Waals surface area contributed by atoms with Crippen molar-refractivity contribution in [3.63, 3.8) is 0 Å². The minimum atomic E-state index is 0.237. The molecule has 2 aromatic rings. The van der Waals surface area contributed by atoms with E-state index < -0.39 is 0 Å². The molecule has 2 heterocycles. The number of nitrogens with zero attached hydrogens (tertiary/aromatic N) is 3. The zero-order valence-electron chi connectivity index (χ0n) is 9.93. The van der Waals surface area contributed by atoms with Gasteiger partial charge < -0.3 is 11.1 Å². The average Bonchev–Trinajstić information content (AvgIpc) is 2.85. The Morgan fingerprint density at radius 3 is 3.12 bits per heavy atom. The van der Waals surface area contributed by atoms with Crippen molar-refractivity contribution in [3.8, 4) is 0 Å². The molecule has 2 aromatic heterocycles. The van der Waals surface area contributed by atoms with Crippen LogP contribution in [0.1, 0.15) is 25.0 Å². The van der Waals surface area contributed by atoms with E-state index in [1.54, 1.807) is 6.20 Å². The normalized spacial score (nSPS) is 24.4. The number of aromatic nitrogens is 3. The Balaban J connectivity index is 1.94.